The van der Waals surface area contributed by atoms with E-state index in [9.17, 15) is 19.2 Å². The fourth-order valence-corrected chi connectivity index (χ4v) is 3.84. The molecule has 2 aliphatic heterocycles. The zero-order valence-electron chi connectivity index (χ0n) is 14.7. The first kappa shape index (κ1) is 18.1. The lowest BCUT2D eigenvalue weighted by Crippen LogP contribution is -2.52. The van der Waals surface area contributed by atoms with Gasteiger partial charge in [0, 0.05) is 25.1 Å². The van der Waals surface area contributed by atoms with Gasteiger partial charge in [-0.05, 0) is 23.6 Å². The number of carbonyl (C=O) groups is 4. The van der Waals surface area contributed by atoms with Crippen molar-refractivity contribution in [2.45, 2.75) is 32.0 Å². The molecule has 5 amide bonds. The minimum absolute atomic E-state index is 0.223. The monoisotopic (exact) mass is 399 g/mol. The van der Waals surface area contributed by atoms with Crippen LogP contribution in [0.25, 0.3) is 0 Å². The van der Waals surface area contributed by atoms with Gasteiger partial charge in [-0.3, -0.25) is 30.0 Å². The fraction of sp³-hybridized carbons (Fsp3) is 0.278. The summed E-state index contributed by atoms with van der Waals surface area (Å²) in [5.41, 5.74) is 3.74. The highest BCUT2D eigenvalue weighted by Gasteiger charge is 2.39. The van der Waals surface area contributed by atoms with Crippen molar-refractivity contribution in [3.8, 4) is 0 Å². The summed E-state index contributed by atoms with van der Waals surface area (Å²) >= 11 is 1.32. The summed E-state index contributed by atoms with van der Waals surface area (Å²) in [5, 5.41) is 8.33. The van der Waals surface area contributed by atoms with Crippen molar-refractivity contribution in [3.63, 3.8) is 0 Å². The first-order valence-corrected chi connectivity index (χ1v) is 9.59. The van der Waals surface area contributed by atoms with Gasteiger partial charge in [0.15, 0.2) is 0 Å². The minimum Gasteiger partial charge on any atom is -0.334 e. The molecule has 9 nitrogen and oxygen atoms in total. The first-order valence-electron chi connectivity index (χ1n) is 8.71. The average Bonchev–Trinajstić information content (AvgIpc) is 3.28. The number of fused-ring (bicyclic) bond motifs is 1. The highest BCUT2D eigenvalue weighted by atomic mass is 32.1. The quantitative estimate of drug-likeness (QED) is 0.668. The average molecular weight is 399 g/mol. The van der Waals surface area contributed by atoms with Crippen LogP contribution in [0.4, 0.5) is 9.80 Å². The molecule has 2 aliphatic rings. The van der Waals surface area contributed by atoms with Crippen LogP contribution in [0.2, 0.25) is 0 Å². The Labute approximate surface area is 164 Å². The number of aromatic nitrogens is 1. The second-order valence-corrected chi connectivity index (χ2v) is 7.45. The van der Waals surface area contributed by atoms with Gasteiger partial charge in [0.1, 0.15) is 11.0 Å². The third-order valence-corrected chi connectivity index (χ3v) is 5.40. The Kier molecular flexibility index (Phi) is 4.78. The number of rotatable bonds is 4. The number of hydrogen-bond acceptors (Lipinski definition) is 6. The number of imide groups is 1. The van der Waals surface area contributed by atoms with E-state index in [2.05, 4.69) is 20.9 Å². The molecule has 0 bridgehead atoms. The number of amides is 5. The molecule has 4 rings (SSSR count). The maximum absolute atomic E-state index is 12.8. The van der Waals surface area contributed by atoms with Gasteiger partial charge < -0.3 is 10.2 Å². The Morgan fingerprint density at radius 2 is 2.18 bits per heavy atom. The number of piperidine rings is 1. The van der Waals surface area contributed by atoms with Crippen molar-refractivity contribution >= 4 is 40.1 Å². The predicted octanol–water partition coefficient (Wildman–Crippen LogP) is 1.23. The van der Waals surface area contributed by atoms with Gasteiger partial charge in [-0.2, -0.15) is 0 Å². The van der Waals surface area contributed by atoms with Crippen LogP contribution in [0.5, 0.6) is 0 Å². The number of anilines is 1. The molecule has 0 aliphatic carbocycles. The molecule has 1 aromatic heterocycles. The zero-order valence-corrected chi connectivity index (χ0v) is 15.5. The largest absolute Gasteiger partial charge is 0.334 e. The van der Waals surface area contributed by atoms with Gasteiger partial charge >= 0.3 is 6.03 Å². The lowest BCUT2D eigenvalue weighted by molar-refractivity contribution is -0.136. The molecule has 0 radical (unpaired) electrons. The fourth-order valence-electron chi connectivity index (χ4n) is 3.33. The molecule has 1 aromatic carbocycles. The molecule has 0 saturated carbocycles. The predicted molar refractivity (Wildman–Crippen MR) is 100 cm³/mol. The number of benzene rings is 1. The SMILES string of the molecule is O=C1CCC(N2Cc3ccc(CNC(=O)Nc4cncs4)cc3C2=O)C(=O)N1. The normalized spacial score (nSPS) is 18.6. The summed E-state index contributed by atoms with van der Waals surface area (Å²) in [7, 11) is 0. The Morgan fingerprint density at radius 3 is 2.93 bits per heavy atom. The number of nitrogens with zero attached hydrogens (tertiary/aromatic N) is 2. The topological polar surface area (TPSA) is 120 Å². The molecule has 3 N–H and O–H groups in total. The van der Waals surface area contributed by atoms with Crippen LogP contribution in [0.15, 0.2) is 29.9 Å². The zero-order chi connectivity index (χ0) is 19.7. The Balaban J connectivity index is 1.40. The number of hydrogen-bond donors (Lipinski definition) is 3. The van der Waals surface area contributed by atoms with E-state index in [4.69, 9.17) is 0 Å². The lowest BCUT2D eigenvalue weighted by atomic mass is 10.0. The summed E-state index contributed by atoms with van der Waals surface area (Å²) in [6, 6.07) is 4.41. The van der Waals surface area contributed by atoms with E-state index < -0.39 is 11.9 Å². The van der Waals surface area contributed by atoms with E-state index in [0.717, 1.165) is 11.1 Å². The standard InChI is InChI=1S/C18H17N5O4S/c24-14-4-3-13(16(25)21-14)23-8-11-2-1-10(5-12(11)17(23)26)6-20-18(27)22-15-7-19-9-28-15/h1-2,5,7,9,13H,3-4,6,8H2,(H2,20,22,27)(H,21,24,25). The van der Waals surface area contributed by atoms with Crippen LogP contribution in [0.3, 0.4) is 0 Å². The Hall–Kier alpha value is -3.27. The molecule has 2 aromatic rings. The van der Waals surface area contributed by atoms with Crippen molar-refractivity contribution < 1.29 is 19.2 Å². The van der Waals surface area contributed by atoms with Gasteiger partial charge in [-0.25, -0.2) is 4.79 Å². The molecule has 3 heterocycles. The van der Waals surface area contributed by atoms with Gasteiger partial charge in [0.2, 0.25) is 11.8 Å². The summed E-state index contributed by atoms with van der Waals surface area (Å²) in [6.07, 6.45) is 2.11. The smallest absolute Gasteiger partial charge is 0.320 e. The molecule has 0 spiro atoms. The minimum atomic E-state index is -0.635. The molecule has 1 atom stereocenters. The second kappa shape index (κ2) is 7.39. The molecule has 1 fully saturated rings. The number of carbonyl (C=O) groups excluding carboxylic acids is 4. The van der Waals surface area contributed by atoms with Crippen LogP contribution in [0, 0.1) is 0 Å². The molecule has 28 heavy (non-hydrogen) atoms. The first-order chi connectivity index (χ1) is 13.5. The van der Waals surface area contributed by atoms with Gasteiger partial charge in [-0.1, -0.05) is 12.1 Å². The van der Waals surface area contributed by atoms with Crippen molar-refractivity contribution in [1.29, 1.82) is 0 Å². The van der Waals surface area contributed by atoms with Gasteiger partial charge in [0.25, 0.3) is 5.91 Å². The highest BCUT2D eigenvalue weighted by molar-refractivity contribution is 7.13. The maximum atomic E-state index is 12.8. The summed E-state index contributed by atoms with van der Waals surface area (Å²) in [6.45, 7) is 0.587. The van der Waals surface area contributed by atoms with E-state index in [-0.39, 0.29) is 30.8 Å². The van der Waals surface area contributed by atoms with E-state index in [1.54, 1.807) is 17.8 Å². The van der Waals surface area contributed by atoms with E-state index in [1.807, 2.05) is 12.1 Å². The summed E-state index contributed by atoms with van der Waals surface area (Å²) in [5.74, 6) is -0.977. The van der Waals surface area contributed by atoms with Crippen LogP contribution < -0.4 is 16.0 Å². The number of urea groups is 1. The number of nitrogens with one attached hydrogen (secondary N) is 3. The maximum Gasteiger partial charge on any atom is 0.320 e. The van der Waals surface area contributed by atoms with Gasteiger partial charge in [-0.15, -0.1) is 11.3 Å². The van der Waals surface area contributed by atoms with E-state index in [1.165, 1.54) is 16.2 Å². The Morgan fingerprint density at radius 1 is 1.32 bits per heavy atom. The van der Waals surface area contributed by atoms with Crippen molar-refractivity contribution in [2.75, 3.05) is 5.32 Å². The van der Waals surface area contributed by atoms with Crippen LogP contribution >= 0.6 is 11.3 Å². The third-order valence-electron chi connectivity index (χ3n) is 4.71. The molecule has 1 unspecified atom stereocenters. The molecular weight excluding hydrogens is 382 g/mol. The van der Waals surface area contributed by atoms with Gasteiger partial charge in [0.05, 0.1) is 11.7 Å². The molecule has 1 saturated heterocycles. The summed E-state index contributed by atoms with van der Waals surface area (Å²) < 4.78 is 0. The second-order valence-electron chi connectivity index (χ2n) is 6.56. The van der Waals surface area contributed by atoms with Crippen molar-refractivity contribution in [2.24, 2.45) is 0 Å². The van der Waals surface area contributed by atoms with Crippen LogP contribution in [-0.2, 0) is 22.7 Å². The van der Waals surface area contributed by atoms with Crippen molar-refractivity contribution in [3.05, 3.63) is 46.6 Å². The summed E-state index contributed by atoms with van der Waals surface area (Å²) in [4.78, 5) is 53.5. The van der Waals surface area contributed by atoms with Crippen LogP contribution in [0.1, 0.15) is 34.3 Å². The lowest BCUT2D eigenvalue weighted by Gasteiger charge is -2.29. The molecular formula is C18H17N5O4S. The Bertz CT molecular complexity index is 959. The molecule has 144 valence electrons. The highest BCUT2D eigenvalue weighted by Crippen LogP contribution is 2.28. The third kappa shape index (κ3) is 3.58. The number of thiazole rings is 1. The van der Waals surface area contributed by atoms with E-state index >= 15 is 0 Å². The molecule has 10 heteroatoms. The van der Waals surface area contributed by atoms with Crippen LogP contribution in [-0.4, -0.2) is 39.7 Å². The van der Waals surface area contributed by atoms with E-state index in [0.29, 0.717) is 23.5 Å². The van der Waals surface area contributed by atoms with Crippen molar-refractivity contribution in [1.82, 2.24) is 20.5 Å².